The molecule has 1 aliphatic heterocycles. The number of esters is 1. The van der Waals surface area contributed by atoms with E-state index in [1.54, 1.807) is 11.8 Å². The number of carbonyl (C=O) groups is 2. The molecule has 0 bridgehead atoms. The van der Waals surface area contributed by atoms with Crippen molar-refractivity contribution in [3.8, 4) is 0 Å². The maximum absolute atomic E-state index is 12.9. The van der Waals surface area contributed by atoms with Crippen LogP contribution in [0.4, 0.5) is 11.4 Å². The van der Waals surface area contributed by atoms with E-state index in [-0.39, 0.29) is 29.9 Å². The molecule has 1 N–H and O–H groups in total. The van der Waals surface area contributed by atoms with Crippen molar-refractivity contribution >= 4 is 23.3 Å². The first-order valence-electron chi connectivity index (χ1n) is 8.25. The normalized spacial score (nSPS) is 19.8. The van der Waals surface area contributed by atoms with Crippen LogP contribution in [0.25, 0.3) is 0 Å². The predicted molar refractivity (Wildman–Crippen MR) is 91.5 cm³/mol. The summed E-state index contributed by atoms with van der Waals surface area (Å²) in [5.41, 5.74) is 1.59. The van der Waals surface area contributed by atoms with Crippen molar-refractivity contribution in [2.24, 2.45) is 5.92 Å². The topological polar surface area (TPSA) is 58.6 Å². The van der Waals surface area contributed by atoms with Gasteiger partial charge in [0.05, 0.1) is 17.5 Å². The van der Waals surface area contributed by atoms with Crippen LogP contribution >= 0.6 is 0 Å². The summed E-state index contributed by atoms with van der Waals surface area (Å²) >= 11 is 0. The second-order valence-corrected chi connectivity index (χ2v) is 6.42. The molecular weight excluding hydrogens is 292 g/mol. The quantitative estimate of drug-likeness (QED) is 0.847. The molecule has 5 nitrogen and oxygen atoms in total. The molecule has 0 fully saturated rings. The van der Waals surface area contributed by atoms with Crippen LogP contribution in [-0.2, 0) is 14.3 Å². The van der Waals surface area contributed by atoms with Crippen molar-refractivity contribution in [2.45, 2.75) is 59.2 Å². The Hall–Kier alpha value is -2.04. The molecule has 0 saturated carbocycles. The van der Waals surface area contributed by atoms with Crippen LogP contribution in [-0.4, -0.2) is 30.1 Å². The third kappa shape index (κ3) is 3.49. The Balaban J connectivity index is 2.34. The van der Waals surface area contributed by atoms with Crippen molar-refractivity contribution in [2.75, 3.05) is 10.2 Å². The lowest BCUT2D eigenvalue weighted by atomic mass is 9.97. The number of nitrogens with one attached hydrogen (secondary N) is 1. The third-order valence-corrected chi connectivity index (χ3v) is 4.27. The molecule has 3 unspecified atom stereocenters. The predicted octanol–water partition coefficient (Wildman–Crippen LogP) is 3.20. The highest BCUT2D eigenvalue weighted by Gasteiger charge is 2.39. The van der Waals surface area contributed by atoms with Crippen LogP contribution < -0.4 is 10.2 Å². The zero-order valence-corrected chi connectivity index (χ0v) is 14.5. The molecule has 0 spiro atoms. The molecule has 0 radical (unpaired) electrons. The van der Waals surface area contributed by atoms with Gasteiger partial charge in [-0.15, -0.1) is 0 Å². The number of hydrogen-bond acceptors (Lipinski definition) is 4. The number of ether oxygens (including phenoxy) is 1. The van der Waals surface area contributed by atoms with E-state index in [1.165, 1.54) is 0 Å². The Kier molecular flexibility index (Phi) is 5.29. The van der Waals surface area contributed by atoms with E-state index in [0.717, 1.165) is 17.8 Å². The fourth-order valence-electron chi connectivity index (χ4n) is 2.64. The minimum absolute atomic E-state index is 0.0905. The standard InChI is InChI=1S/C18H26N2O3/c1-6-12(4)23-18(22)13(5)20-15-10-8-7-9-14(15)19-16(11(2)3)17(20)21/h7-13,16,19H,6H2,1-5H3. The summed E-state index contributed by atoms with van der Waals surface area (Å²) in [6.07, 6.45) is 0.596. The summed E-state index contributed by atoms with van der Waals surface area (Å²) in [4.78, 5) is 26.9. The minimum Gasteiger partial charge on any atom is -0.461 e. The molecule has 1 amide bonds. The van der Waals surface area contributed by atoms with E-state index in [1.807, 2.05) is 52.0 Å². The zero-order valence-electron chi connectivity index (χ0n) is 14.5. The summed E-state index contributed by atoms with van der Waals surface area (Å²) in [5.74, 6) is -0.338. The Morgan fingerprint density at radius 1 is 1.26 bits per heavy atom. The van der Waals surface area contributed by atoms with E-state index >= 15 is 0 Å². The van der Waals surface area contributed by atoms with Crippen molar-refractivity contribution in [1.82, 2.24) is 0 Å². The molecule has 126 valence electrons. The van der Waals surface area contributed by atoms with E-state index < -0.39 is 6.04 Å². The smallest absolute Gasteiger partial charge is 0.329 e. The third-order valence-electron chi connectivity index (χ3n) is 4.27. The summed E-state index contributed by atoms with van der Waals surface area (Å²) in [6.45, 7) is 9.52. The summed E-state index contributed by atoms with van der Waals surface area (Å²) in [6, 6.07) is 6.56. The van der Waals surface area contributed by atoms with Gasteiger partial charge in [-0.2, -0.15) is 0 Å². The molecule has 1 heterocycles. The average molecular weight is 318 g/mol. The Morgan fingerprint density at radius 3 is 2.52 bits per heavy atom. The average Bonchev–Trinajstić information content (AvgIpc) is 2.53. The highest BCUT2D eigenvalue weighted by atomic mass is 16.5. The maximum Gasteiger partial charge on any atom is 0.329 e. The first-order chi connectivity index (χ1) is 10.9. The first kappa shape index (κ1) is 17.3. The van der Waals surface area contributed by atoms with Gasteiger partial charge in [0, 0.05) is 0 Å². The van der Waals surface area contributed by atoms with E-state index in [2.05, 4.69) is 5.32 Å². The fourth-order valence-corrected chi connectivity index (χ4v) is 2.64. The second-order valence-electron chi connectivity index (χ2n) is 6.42. The monoisotopic (exact) mass is 318 g/mol. The van der Waals surface area contributed by atoms with Crippen LogP contribution in [0.3, 0.4) is 0 Å². The van der Waals surface area contributed by atoms with Gasteiger partial charge in [0.15, 0.2) is 0 Å². The molecule has 23 heavy (non-hydrogen) atoms. The fraction of sp³-hybridized carbons (Fsp3) is 0.556. The van der Waals surface area contributed by atoms with Crippen LogP contribution in [0, 0.1) is 5.92 Å². The molecular formula is C18H26N2O3. The number of anilines is 2. The number of nitrogens with zero attached hydrogens (tertiary/aromatic N) is 1. The lowest BCUT2D eigenvalue weighted by Crippen LogP contribution is -2.55. The Morgan fingerprint density at radius 2 is 1.91 bits per heavy atom. The van der Waals surface area contributed by atoms with Crippen LogP contribution in [0.5, 0.6) is 0 Å². The molecule has 1 aromatic rings. The van der Waals surface area contributed by atoms with Crippen LogP contribution in [0.2, 0.25) is 0 Å². The molecule has 2 rings (SSSR count). The van der Waals surface area contributed by atoms with Gasteiger partial charge in [-0.3, -0.25) is 9.69 Å². The van der Waals surface area contributed by atoms with Gasteiger partial charge < -0.3 is 10.1 Å². The number of para-hydroxylation sites is 2. The number of rotatable bonds is 5. The van der Waals surface area contributed by atoms with Crippen molar-refractivity contribution in [3.05, 3.63) is 24.3 Å². The Bertz CT molecular complexity index is 585. The van der Waals surface area contributed by atoms with E-state index in [4.69, 9.17) is 4.74 Å². The molecule has 3 atom stereocenters. The van der Waals surface area contributed by atoms with Gasteiger partial charge in [0.25, 0.3) is 5.91 Å². The summed E-state index contributed by atoms with van der Waals surface area (Å²) in [5, 5.41) is 3.28. The lowest BCUT2D eigenvalue weighted by Gasteiger charge is -2.39. The van der Waals surface area contributed by atoms with E-state index in [0.29, 0.717) is 0 Å². The van der Waals surface area contributed by atoms with Crippen molar-refractivity contribution < 1.29 is 14.3 Å². The highest BCUT2D eigenvalue weighted by Crippen LogP contribution is 2.34. The maximum atomic E-state index is 12.9. The SMILES string of the molecule is CCC(C)OC(=O)C(C)N1C(=O)C(C(C)C)Nc2ccccc21. The van der Waals surface area contributed by atoms with Crippen molar-refractivity contribution in [1.29, 1.82) is 0 Å². The number of benzene rings is 1. The van der Waals surface area contributed by atoms with Gasteiger partial charge in [-0.1, -0.05) is 32.9 Å². The van der Waals surface area contributed by atoms with Crippen LogP contribution in [0.1, 0.15) is 41.0 Å². The molecule has 0 aromatic heterocycles. The van der Waals surface area contributed by atoms with Gasteiger partial charge in [-0.05, 0) is 38.3 Å². The number of carbonyl (C=O) groups excluding carboxylic acids is 2. The van der Waals surface area contributed by atoms with Crippen LogP contribution in [0.15, 0.2) is 24.3 Å². The van der Waals surface area contributed by atoms with Gasteiger partial charge in [0.1, 0.15) is 12.1 Å². The largest absolute Gasteiger partial charge is 0.461 e. The van der Waals surface area contributed by atoms with Gasteiger partial charge in [-0.25, -0.2) is 4.79 Å². The van der Waals surface area contributed by atoms with Crippen molar-refractivity contribution in [3.63, 3.8) is 0 Å². The molecule has 1 aliphatic rings. The molecule has 5 heteroatoms. The second kappa shape index (κ2) is 7.02. The Labute approximate surface area is 138 Å². The number of amides is 1. The van der Waals surface area contributed by atoms with E-state index in [9.17, 15) is 9.59 Å². The van der Waals surface area contributed by atoms with Gasteiger partial charge >= 0.3 is 5.97 Å². The highest BCUT2D eigenvalue weighted by molar-refractivity contribution is 6.08. The summed E-state index contributed by atoms with van der Waals surface area (Å²) < 4.78 is 5.42. The molecule has 1 aromatic carbocycles. The number of hydrogen-bond donors (Lipinski definition) is 1. The lowest BCUT2D eigenvalue weighted by molar-refractivity contribution is -0.150. The molecule has 0 saturated heterocycles. The van der Waals surface area contributed by atoms with Gasteiger partial charge in [0.2, 0.25) is 0 Å². The number of fused-ring (bicyclic) bond motifs is 1. The first-order valence-corrected chi connectivity index (χ1v) is 8.25. The molecule has 0 aliphatic carbocycles. The zero-order chi connectivity index (χ0) is 17.1. The minimum atomic E-state index is -0.652. The summed E-state index contributed by atoms with van der Waals surface area (Å²) in [7, 11) is 0.